The van der Waals surface area contributed by atoms with Gasteiger partial charge < -0.3 is 14.5 Å². The van der Waals surface area contributed by atoms with E-state index in [0.29, 0.717) is 0 Å². The number of hydrogen-bond donors (Lipinski definition) is 1. The number of nitrogens with zero attached hydrogens (tertiary/aromatic N) is 4. The highest BCUT2D eigenvalue weighted by molar-refractivity contribution is 4.98. The maximum atomic E-state index is 4.28. The Morgan fingerprint density at radius 1 is 0.941 bits per heavy atom. The minimum Gasteiger partial charge on any atom is -0.340 e. The third-order valence-electron chi connectivity index (χ3n) is 2.63. The van der Waals surface area contributed by atoms with Crippen molar-refractivity contribution in [3.8, 4) is 0 Å². The Morgan fingerprint density at radius 3 is 1.76 bits per heavy atom. The summed E-state index contributed by atoms with van der Waals surface area (Å²) in [6.45, 7) is 1.92. The SMILES string of the molecule is Cn1cnc(CCNCCc2cn(C)cn2)c1. The number of hydrogen-bond acceptors (Lipinski definition) is 3. The van der Waals surface area contributed by atoms with Crippen molar-refractivity contribution in [3.05, 3.63) is 36.4 Å². The zero-order valence-corrected chi connectivity index (χ0v) is 10.4. The average molecular weight is 233 g/mol. The average Bonchev–Trinajstić information content (AvgIpc) is 2.88. The van der Waals surface area contributed by atoms with Gasteiger partial charge in [-0.2, -0.15) is 0 Å². The molecule has 2 rings (SSSR count). The van der Waals surface area contributed by atoms with Crippen LogP contribution >= 0.6 is 0 Å². The maximum Gasteiger partial charge on any atom is 0.0946 e. The molecule has 0 aromatic carbocycles. The number of aryl methyl sites for hydroxylation is 2. The molecule has 2 aromatic heterocycles. The van der Waals surface area contributed by atoms with Crippen LogP contribution in [-0.2, 0) is 26.9 Å². The lowest BCUT2D eigenvalue weighted by Gasteiger charge is -2.01. The van der Waals surface area contributed by atoms with Gasteiger partial charge in [-0.15, -0.1) is 0 Å². The van der Waals surface area contributed by atoms with Gasteiger partial charge in [0.05, 0.1) is 24.0 Å². The van der Waals surface area contributed by atoms with E-state index in [-0.39, 0.29) is 0 Å². The lowest BCUT2D eigenvalue weighted by molar-refractivity contribution is 0.671. The van der Waals surface area contributed by atoms with Gasteiger partial charge in [0.25, 0.3) is 0 Å². The molecule has 0 spiro atoms. The van der Waals surface area contributed by atoms with E-state index in [4.69, 9.17) is 0 Å². The van der Waals surface area contributed by atoms with Gasteiger partial charge in [0, 0.05) is 52.4 Å². The predicted octanol–water partition coefficient (Wildman–Crippen LogP) is 0.528. The zero-order valence-electron chi connectivity index (χ0n) is 10.4. The van der Waals surface area contributed by atoms with Crippen molar-refractivity contribution in [1.82, 2.24) is 24.4 Å². The largest absolute Gasteiger partial charge is 0.340 e. The van der Waals surface area contributed by atoms with E-state index in [0.717, 1.165) is 37.3 Å². The van der Waals surface area contributed by atoms with Crippen molar-refractivity contribution in [2.75, 3.05) is 13.1 Å². The first-order chi connectivity index (χ1) is 8.24. The van der Waals surface area contributed by atoms with E-state index in [1.165, 1.54) is 0 Å². The Balaban J connectivity index is 1.60. The van der Waals surface area contributed by atoms with E-state index in [2.05, 4.69) is 27.7 Å². The van der Waals surface area contributed by atoms with Crippen LogP contribution in [0.4, 0.5) is 0 Å². The fourth-order valence-corrected chi connectivity index (χ4v) is 1.75. The molecule has 0 atom stereocenters. The molecule has 0 radical (unpaired) electrons. The van der Waals surface area contributed by atoms with Crippen LogP contribution in [0.15, 0.2) is 25.0 Å². The molecular weight excluding hydrogens is 214 g/mol. The summed E-state index contributed by atoms with van der Waals surface area (Å²) in [5, 5.41) is 3.40. The molecule has 5 nitrogen and oxygen atoms in total. The Bertz CT molecular complexity index is 415. The van der Waals surface area contributed by atoms with Crippen LogP contribution in [0.3, 0.4) is 0 Å². The molecule has 0 aliphatic rings. The standard InChI is InChI=1S/C12H19N5/c1-16-7-11(14-9-16)3-5-13-6-4-12-8-17(2)10-15-12/h7-10,13H,3-6H2,1-2H3. The minimum absolute atomic E-state index is 0.962. The molecule has 1 N–H and O–H groups in total. The first-order valence-electron chi connectivity index (χ1n) is 5.88. The molecule has 0 bridgehead atoms. The topological polar surface area (TPSA) is 47.7 Å². The normalized spacial score (nSPS) is 10.9. The lowest BCUT2D eigenvalue weighted by Crippen LogP contribution is -2.20. The summed E-state index contributed by atoms with van der Waals surface area (Å²) < 4.78 is 3.95. The van der Waals surface area contributed by atoms with Gasteiger partial charge in [-0.3, -0.25) is 0 Å². The zero-order chi connectivity index (χ0) is 12.1. The van der Waals surface area contributed by atoms with E-state index in [1.807, 2.05) is 35.9 Å². The third-order valence-corrected chi connectivity index (χ3v) is 2.63. The van der Waals surface area contributed by atoms with E-state index < -0.39 is 0 Å². The monoisotopic (exact) mass is 233 g/mol. The smallest absolute Gasteiger partial charge is 0.0946 e. The summed E-state index contributed by atoms with van der Waals surface area (Å²) in [6.07, 6.45) is 9.74. The summed E-state index contributed by atoms with van der Waals surface area (Å²) in [5.74, 6) is 0. The Hall–Kier alpha value is -1.62. The first-order valence-corrected chi connectivity index (χ1v) is 5.88. The summed E-state index contributed by atoms with van der Waals surface area (Å²) in [6, 6.07) is 0. The molecule has 0 amide bonds. The number of nitrogens with one attached hydrogen (secondary N) is 1. The van der Waals surface area contributed by atoms with Crippen LogP contribution in [0.25, 0.3) is 0 Å². The van der Waals surface area contributed by atoms with Crippen LogP contribution in [0.1, 0.15) is 11.4 Å². The van der Waals surface area contributed by atoms with Crippen molar-refractivity contribution in [3.63, 3.8) is 0 Å². The quantitative estimate of drug-likeness (QED) is 0.740. The molecule has 2 aromatic rings. The highest BCUT2D eigenvalue weighted by Gasteiger charge is 1.98. The van der Waals surface area contributed by atoms with Gasteiger partial charge >= 0.3 is 0 Å². The summed E-state index contributed by atoms with van der Waals surface area (Å²) in [7, 11) is 3.98. The molecule has 0 saturated heterocycles. The van der Waals surface area contributed by atoms with E-state index in [9.17, 15) is 0 Å². The lowest BCUT2D eigenvalue weighted by atomic mass is 10.3. The summed E-state index contributed by atoms with van der Waals surface area (Å²) in [4.78, 5) is 8.56. The molecule has 2 heterocycles. The van der Waals surface area contributed by atoms with Crippen molar-refractivity contribution in [1.29, 1.82) is 0 Å². The van der Waals surface area contributed by atoms with Gasteiger partial charge in [-0.1, -0.05) is 0 Å². The summed E-state index contributed by atoms with van der Waals surface area (Å²) >= 11 is 0. The van der Waals surface area contributed by atoms with Crippen LogP contribution < -0.4 is 5.32 Å². The fourth-order valence-electron chi connectivity index (χ4n) is 1.75. The van der Waals surface area contributed by atoms with Gasteiger partial charge in [-0.25, -0.2) is 9.97 Å². The third kappa shape index (κ3) is 3.71. The molecule has 0 saturated carbocycles. The molecular formula is C12H19N5. The molecule has 0 aliphatic heterocycles. The van der Waals surface area contributed by atoms with Crippen LogP contribution in [0.5, 0.6) is 0 Å². The second kappa shape index (κ2) is 5.63. The highest BCUT2D eigenvalue weighted by atomic mass is 15.0. The van der Waals surface area contributed by atoms with Crippen molar-refractivity contribution in [2.24, 2.45) is 14.1 Å². The highest BCUT2D eigenvalue weighted by Crippen LogP contribution is 1.95. The second-order valence-electron chi connectivity index (χ2n) is 4.31. The Morgan fingerprint density at radius 2 is 1.41 bits per heavy atom. The fraction of sp³-hybridized carbons (Fsp3) is 0.500. The Kier molecular flexibility index (Phi) is 3.93. The number of aromatic nitrogens is 4. The van der Waals surface area contributed by atoms with Crippen LogP contribution in [0.2, 0.25) is 0 Å². The molecule has 5 heteroatoms. The predicted molar refractivity (Wildman–Crippen MR) is 66.7 cm³/mol. The van der Waals surface area contributed by atoms with Crippen molar-refractivity contribution < 1.29 is 0 Å². The van der Waals surface area contributed by atoms with Crippen molar-refractivity contribution in [2.45, 2.75) is 12.8 Å². The minimum atomic E-state index is 0.962. The van der Waals surface area contributed by atoms with Crippen LogP contribution in [-0.4, -0.2) is 32.2 Å². The van der Waals surface area contributed by atoms with Gasteiger partial charge in [0.1, 0.15) is 0 Å². The van der Waals surface area contributed by atoms with Gasteiger partial charge in [0.2, 0.25) is 0 Å². The number of rotatable bonds is 6. The Labute approximate surface area is 102 Å². The van der Waals surface area contributed by atoms with E-state index in [1.54, 1.807) is 0 Å². The molecule has 0 unspecified atom stereocenters. The van der Waals surface area contributed by atoms with E-state index >= 15 is 0 Å². The molecule has 17 heavy (non-hydrogen) atoms. The van der Waals surface area contributed by atoms with Gasteiger partial charge in [-0.05, 0) is 0 Å². The maximum absolute atomic E-state index is 4.28. The first kappa shape index (κ1) is 11.9. The molecule has 92 valence electrons. The van der Waals surface area contributed by atoms with Gasteiger partial charge in [0.15, 0.2) is 0 Å². The van der Waals surface area contributed by atoms with Crippen molar-refractivity contribution >= 4 is 0 Å². The second-order valence-corrected chi connectivity index (χ2v) is 4.31. The molecule has 0 fully saturated rings. The van der Waals surface area contributed by atoms with Crippen LogP contribution in [0, 0.1) is 0 Å². The summed E-state index contributed by atoms with van der Waals surface area (Å²) in [5.41, 5.74) is 2.27. The number of imidazole rings is 2. The molecule has 0 aliphatic carbocycles.